The van der Waals surface area contributed by atoms with Crippen LogP contribution in [0.25, 0.3) is 0 Å². The molecular formula is C11H13N3. The van der Waals surface area contributed by atoms with E-state index in [1.807, 2.05) is 12.1 Å². The zero-order chi connectivity index (χ0) is 9.97. The van der Waals surface area contributed by atoms with Gasteiger partial charge < -0.3 is 4.90 Å². The molecule has 1 unspecified atom stereocenters. The Morgan fingerprint density at radius 1 is 1.64 bits per heavy atom. The van der Waals surface area contributed by atoms with Crippen molar-refractivity contribution < 1.29 is 0 Å². The third-order valence-electron chi connectivity index (χ3n) is 2.63. The van der Waals surface area contributed by atoms with Crippen LogP contribution < -0.4 is 4.90 Å². The van der Waals surface area contributed by atoms with E-state index in [1.54, 1.807) is 6.20 Å². The number of anilines is 1. The van der Waals surface area contributed by atoms with E-state index in [0.717, 1.165) is 18.9 Å². The molecule has 1 atom stereocenters. The number of hydrogen-bond acceptors (Lipinski definition) is 3. The fourth-order valence-electron chi connectivity index (χ4n) is 1.86. The summed E-state index contributed by atoms with van der Waals surface area (Å²) >= 11 is 0. The first-order chi connectivity index (χ1) is 6.81. The molecule has 1 aliphatic heterocycles. The summed E-state index contributed by atoms with van der Waals surface area (Å²) < 4.78 is 0. The Morgan fingerprint density at radius 3 is 3.14 bits per heavy atom. The molecule has 2 heterocycles. The Labute approximate surface area is 84.0 Å². The highest BCUT2D eigenvalue weighted by Crippen LogP contribution is 2.23. The lowest BCUT2D eigenvalue weighted by Gasteiger charge is -2.17. The summed E-state index contributed by atoms with van der Waals surface area (Å²) in [6.07, 6.45) is 2.95. The summed E-state index contributed by atoms with van der Waals surface area (Å²) in [5, 5.41) is 8.93. The molecular weight excluding hydrogens is 174 g/mol. The quantitative estimate of drug-likeness (QED) is 0.673. The van der Waals surface area contributed by atoms with Crippen molar-refractivity contribution in [3.05, 3.63) is 23.9 Å². The molecule has 3 nitrogen and oxygen atoms in total. The molecule has 1 aliphatic rings. The molecule has 14 heavy (non-hydrogen) atoms. The van der Waals surface area contributed by atoms with E-state index in [1.165, 1.54) is 6.42 Å². The minimum atomic E-state index is 0.682. The number of pyridine rings is 1. The Morgan fingerprint density at radius 2 is 2.50 bits per heavy atom. The van der Waals surface area contributed by atoms with E-state index >= 15 is 0 Å². The molecule has 1 fully saturated rings. The molecule has 2 rings (SSSR count). The van der Waals surface area contributed by atoms with Crippen molar-refractivity contribution in [1.29, 1.82) is 5.26 Å². The van der Waals surface area contributed by atoms with Gasteiger partial charge in [-0.3, -0.25) is 0 Å². The van der Waals surface area contributed by atoms with Gasteiger partial charge in [0.15, 0.2) is 0 Å². The van der Waals surface area contributed by atoms with Gasteiger partial charge in [-0.1, -0.05) is 6.92 Å². The average Bonchev–Trinajstić information content (AvgIpc) is 2.65. The maximum absolute atomic E-state index is 8.93. The second-order valence-corrected chi connectivity index (χ2v) is 3.83. The molecule has 0 spiro atoms. The summed E-state index contributed by atoms with van der Waals surface area (Å²) in [6, 6.07) is 5.81. The van der Waals surface area contributed by atoms with E-state index in [4.69, 9.17) is 5.26 Å². The zero-order valence-electron chi connectivity index (χ0n) is 8.27. The smallest absolute Gasteiger partial charge is 0.146 e. The standard InChI is InChI=1S/C11H13N3/c1-9-4-6-14(8-9)11-10(7-12)3-2-5-13-11/h2-3,5,9H,4,6,8H2,1H3. The molecule has 0 aliphatic carbocycles. The molecule has 1 aromatic rings. The highest BCUT2D eigenvalue weighted by molar-refractivity contribution is 5.53. The van der Waals surface area contributed by atoms with E-state index < -0.39 is 0 Å². The highest BCUT2D eigenvalue weighted by atomic mass is 15.2. The Balaban J connectivity index is 2.28. The van der Waals surface area contributed by atoms with Crippen molar-refractivity contribution >= 4 is 5.82 Å². The fourth-order valence-corrected chi connectivity index (χ4v) is 1.86. The van der Waals surface area contributed by atoms with Crippen molar-refractivity contribution in [2.75, 3.05) is 18.0 Å². The highest BCUT2D eigenvalue weighted by Gasteiger charge is 2.21. The van der Waals surface area contributed by atoms with Crippen molar-refractivity contribution in [2.45, 2.75) is 13.3 Å². The van der Waals surface area contributed by atoms with Gasteiger partial charge in [-0.25, -0.2) is 4.98 Å². The van der Waals surface area contributed by atoms with Crippen LogP contribution in [0.1, 0.15) is 18.9 Å². The molecule has 0 bridgehead atoms. The number of hydrogen-bond donors (Lipinski definition) is 0. The van der Waals surface area contributed by atoms with Crippen molar-refractivity contribution in [1.82, 2.24) is 4.98 Å². The number of aromatic nitrogens is 1. The number of nitriles is 1. The van der Waals surface area contributed by atoms with Crippen molar-refractivity contribution in [2.24, 2.45) is 5.92 Å². The van der Waals surface area contributed by atoms with E-state index in [0.29, 0.717) is 11.5 Å². The van der Waals surface area contributed by atoms with Crippen LogP contribution in [0.4, 0.5) is 5.82 Å². The van der Waals surface area contributed by atoms with Crippen LogP contribution in [-0.2, 0) is 0 Å². The van der Waals surface area contributed by atoms with E-state index in [9.17, 15) is 0 Å². The Kier molecular flexibility index (Phi) is 2.36. The molecule has 1 saturated heterocycles. The third-order valence-corrected chi connectivity index (χ3v) is 2.63. The molecule has 3 heteroatoms. The minimum absolute atomic E-state index is 0.682. The second kappa shape index (κ2) is 3.67. The minimum Gasteiger partial charge on any atom is -0.355 e. The van der Waals surface area contributed by atoms with Gasteiger partial charge in [0.05, 0.1) is 5.56 Å². The first-order valence-corrected chi connectivity index (χ1v) is 4.91. The molecule has 72 valence electrons. The van der Waals surface area contributed by atoms with Crippen LogP contribution in [0.2, 0.25) is 0 Å². The largest absolute Gasteiger partial charge is 0.355 e. The van der Waals surface area contributed by atoms with Gasteiger partial charge in [-0.05, 0) is 24.5 Å². The topological polar surface area (TPSA) is 39.9 Å². The average molecular weight is 187 g/mol. The normalized spacial score (nSPS) is 20.9. The summed E-state index contributed by atoms with van der Waals surface area (Å²) in [7, 11) is 0. The summed E-state index contributed by atoms with van der Waals surface area (Å²) in [5.74, 6) is 1.56. The lowest BCUT2D eigenvalue weighted by atomic mass is 10.2. The maximum Gasteiger partial charge on any atom is 0.146 e. The monoisotopic (exact) mass is 187 g/mol. The van der Waals surface area contributed by atoms with Crippen LogP contribution in [0, 0.1) is 17.2 Å². The first kappa shape index (κ1) is 9.01. The zero-order valence-corrected chi connectivity index (χ0v) is 8.27. The van der Waals surface area contributed by atoms with Crippen LogP contribution >= 0.6 is 0 Å². The lowest BCUT2D eigenvalue weighted by molar-refractivity contribution is 0.659. The van der Waals surface area contributed by atoms with Gasteiger partial charge in [0.1, 0.15) is 11.9 Å². The number of nitrogens with zero attached hydrogens (tertiary/aromatic N) is 3. The van der Waals surface area contributed by atoms with Gasteiger partial charge in [0.25, 0.3) is 0 Å². The first-order valence-electron chi connectivity index (χ1n) is 4.91. The molecule has 0 amide bonds. The summed E-state index contributed by atoms with van der Waals surface area (Å²) in [5.41, 5.74) is 0.682. The van der Waals surface area contributed by atoms with Crippen LogP contribution in [-0.4, -0.2) is 18.1 Å². The molecule has 1 aromatic heterocycles. The van der Waals surface area contributed by atoms with Gasteiger partial charge in [0.2, 0.25) is 0 Å². The van der Waals surface area contributed by atoms with E-state index in [2.05, 4.69) is 22.9 Å². The Bertz CT molecular complexity index is 367. The van der Waals surface area contributed by atoms with Gasteiger partial charge in [-0.2, -0.15) is 5.26 Å². The number of rotatable bonds is 1. The maximum atomic E-state index is 8.93. The fraction of sp³-hybridized carbons (Fsp3) is 0.455. The van der Waals surface area contributed by atoms with Crippen molar-refractivity contribution in [3.8, 4) is 6.07 Å². The molecule has 0 N–H and O–H groups in total. The molecule has 0 radical (unpaired) electrons. The van der Waals surface area contributed by atoms with Gasteiger partial charge >= 0.3 is 0 Å². The van der Waals surface area contributed by atoms with Crippen molar-refractivity contribution in [3.63, 3.8) is 0 Å². The SMILES string of the molecule is CC1CCN(c2ncccc2C#N)C1. The van der Waals surface area contributed by atoms with Crippen LogP contribution in [0.3, 0.4) is 0 Å². The van der Waals surface area contributed by atoms with Gasteiger partial charge in [0, 0.05) is 19.3 Å². The van der Waals surface area contributed by atoms with E-state index in [-0.39, 0.29) is 0 Å². The molecule has 0 saturated carbocycles. The Hall–Kier alpha value is -1.56. The predicted molar refractivity (Wildman–Crippen MR) is 54.9 cm³/mol. The second-order valence-electron chi connectivity index (χ2n) is 3.83. The van der Waals surface area contributed by atoms with Gasteiger partial charge in [-0.15, -0.1) is 0 Å². The van der Waals surface area contributed by atoms with Crippen LogP contribution in [0.15, 0.2) is 18.3 Å². The van der Waals surface area contributed by atoms with Crippen LogP contribution in [0.5, 0.6) is 0 Å². The third kappa shape index (κ3) is 1.56. The molecule has 0 aromatic carbocycles. The lowest BCUT2D eigenvalue weighted by Crippen LogP contribution is -2.21. The predicted octanol–water partition coefficient (Wildman–Crippen LogP) is 1.80. The summed E-state index contributed by atoms with van der Waals surface area (Å²) in [4.78, 5) is 6.47. The summed E-state index contributed by atoms with van der Waals surface area (Å²) in [6.45, 7) is 4.27.